The maximum absolute atomic E-state index is 13.1. The first-order chi connectivity index (χ1) is 13.2. The second-order valence-corrected chi connectivity index (χ2v) is 8.39. The number of hydrogen-bond acceptors (Lipinski definition) is 2. The molecule has 0 unspecified atom stereocenters. The van der Waals surface area contributed by atoms with Crippen LogP contribution in [0, 0.1) is 5.82 Å². The molecule has 2 amide bonds. The molecule has 2 aromatic carbocycles. The molecule has 0 aliphatic heterocycles. The third-order valence-corrected chi connectivity index (χ3v) is 4.99. The van der Waals surface area contributed by atoms with Gasteiger partial charge in [-0.25, -0.2) is 4.39 Å². The Bertz CT molecular complexity index is 834. The second-order valence-electron chi connectivity index (χ2n) is 8.39. The van der Waals surface area contributed by atoms with Gasteiger partial charge in [0.05, 0.1) is 6.54 Å². The van der Waals surface area contributed by atoms with E-state index in [0.29, 0.717) is 12.1 Å². The highest BCUT2D eigenvalue weighted by molar-refractivity contribution is 5.96. The maximum Gasteiger partial charge on any atom is 0.251 e. The largest absolute Gasteiger partial charge is 0.343 e. The van der Waals surface area contributed by atoms with Crippen LogP contribution in [0.3, 0.4) is 0 Å². The van der Waals surface area contributed by atoms with Crippen molar-refractivity contribution in [2.75, 3.05) is 6.54 Å². The molecule has 0 atom stereocenters. The Balaban J connectivity index is 1.58. The summed E-state index contributed by atoms with van der Waals surface area (Å²) >= 11 is 0. The zero-order chi connectivity index (χ0) is 20.3. The van der Waals surface area contributed by atoms with E-state index in [1.54, 1.807) is 29.2 Å². The number of nitrogens with one attached hydrogen (secondary N) is 1. The normalized spacial score (nSPS) is 13.9. The molecule has 2 aromatic rings. The molecule has 1 aliphatic carbocycles. The van der Waals surface area contributed by atoms with Crippen molar-refractivity contribution in [1.82, 2.24) is 10.2 Å². The zero-order valence-electron chi connectivity index (χ0n) is 16.7. The van der Waals surface area contributed by atoms with Crippen molar-refractivity contribution in [2.24, 2.45) is 0 Å². The fourth-order valence-electron chi connectivity index (χ4n) is 3.07. The van der Waals surface area contributed by atoms with Gasteiger partial charge in [-0.3, -0.25) is 9.59 Å². The van der Waals surface area contributed by atoms with Gasteiger partial charge < -0.3 is 10.2 Å². The van der Waals surface area contributed by atoms with Crippen LogP contribution in [-0.2, 0) is 16.8 Å². The van der Waals surface area contributed by atoms with E-state index in [2.05, 4.69) is 26.1 Å². The molecule has 0 spiro atoms. The van der Waals surface area contributed by atoms with Gasteiger partial charge in [-0.05, 0) is 53.6 Å². The van der Waals surface area contributed by atoms with Crippen LogP contribution in [0.15, 0.2) is 48.5 Å². The Hall–Kier alpha value is -2.69. The molecule has 1 saturated carbocycles. The van der Waals surface area contributed by atoms with E-state index in [1.807, 2.05) is 12.1 Å². The van der Waals surface area contributed by atoms with E-state index in [0.717, 1.165) is 24.0 Å². The molecule has 148 valence electrons. The Labute approximate surface area is 165 Å². The van der Waals surface area contributed by atoms with Gasteiger partial charge in [0.15, 0.2) is 0 Å². The van der Waals surface area contributed by atoms with Gasteiger partial charge in [-0.15, -0.1) is 0 Å². The lowest BCUT2D eigenvalue weighted by Crippen LogP contribution is -2.41. The molecule has 0 saturated heterocycles. The summed E-state index contributed by atoms with van der Waals surface area (Å²) < 4.78 is 13.1. The van der Waals surface area contributed by atoms with Crippen LogP contribution in [0.25, 0.3) is 0 Å². The molecule has 28 heavy (non-hydrogen) atoms. The summed E-state index contributed by atoms with van der Waals surface area (Å²) in [4.78, 5) is 26.8. The third kappa shape index (κ3) is 5.18. The lowest BCUT2D eigenvalue weighted by atomic mass is 9.87. The number of benzene rings is 2. The van der Waals surface area contributed by atoms with Crippen molar-refractivity contribution in [3.8, 4) is 0 Å². The molecule has 0 radical (unpaired) electrons. The minimum absolute atomic E-state index is 0.0239. The van der Waals surface area contributed by atoms with Crippen molar-refractivity contribution in [3.05, 3.63) is 71.0 Å². The lowest BCUT2D eigenvalue weighted by Gasteiger charge is -2.23. The van der Waals surface area contributed by atoms with Gasteiger partial charge in [0.1, 0.15) is 5.82 Å². The predicted octanol–water partition coefficient (Wildman–Crippen LogP) is 4.04. The van der Waals surface area contributed by atoms with Crippen molar-refractivity contribution in [3.63, 3.8) is 0 Å². The summed E-state index contributed by atoms with van der Waals surface area (Å²) in [7, 11) is 0. The van der Waals surface area contributed by atoms with Gasteiger partial charge >= 0.3 is 0 Å². The Morgan fingerprint density at radius 1 is 1.04 bits per heavy atom. The quantitative estimate of drug-likeness (QED) is 0.820. The molecule has 3 rings (SSSR count). The second kappa shape index (κ2) is 8.13. The monoisotopic (exact) mass is 382 g/mol. The fourth-order valence-corrected chi connectivity index (χ4v) is 3.07. The highest BCUT2D eigenvalue weighted by atomic mass is 19.1. The molecule has 0 aromatic heterocycles. The van der Waals surface area contributed by atoms with Crippen LogP contribution >= 0.6 is 0 Å². The standard InChI is InChI=1S/C23H27FN2O2/c1-23(2,3)18-8-6-17(7-9-18)22(28)25-14-21(27)26(20-12-13-20)15-16-4-10-19(24)11-5-16/h4-11,20H,12-15H2,1-3H3,(H,25,28). The molecule has 1 N–H and O–H groups in total. The lowest BCUT2D eigenvalue weighted by molar-refractivity contribution is -0.131. The van der Waals surface area contributed by atoms with Gasteiger partial charge in [-0.1, -0.05) is 45.0 Å². The first-order valence-corrected chi connectivity index (χ1v) is 9.67. The minimum Gasteiger partial charge on any atom is -0.343 e. The molecule has 0 heterocycles. The van der Waals surface area contributed by atoms with Gasteiger partial charge in [0.2, 0.25) is 5.91 Å². The van der Waals surface area contributed by atoms with E-state index in [-0.39, 0.29) is 35.6 Å². The first-order valence-electron chi connectivity index (χ1n) is 9.67. The van der Waals surface area contributed by atoms with Crippen LogP contribution in [-0.4, -0.2) is 29.3 Å². The maximum atomic E-state index is 13.1. The van der Waals surface area contributed by atoms with E-state index >= 15 is 0 Å². The highest BCUT2D eigenvalue weighted by Crippen LogP contribution is 2.28. The van der Waals surface area contributed by atoms with Crippen LogP contribution < -0.4 is 5.32 Å². The summed E-state index contributed by atoms with van der Waals surface area (Å²) in [6.07, 6.45) is 1.93. The zero-order valence-corrected chi connectivity index (χ0v) is 16.7. The molecule has 1 fully saturated rings. The van der Waals surface area contributed by atoms with Crippen molar-refractivity contribution in [1.29, 1.82) is 0 Å². The van der Waals surface area contributed by atoms with Gasteiger partial charge in [-0.2, -0.15) is 0 Å². The number of nitrogens with zero attached hydrogens (tertiary/aromatic N) is 1. The third-order valence-electron chi connectivity index (χ3n) is 4.99. The summed E-state index contributed by atoms with van der Waals surface area (Å²) in [6, 6.07) is 13.8. The van der Waals surface area contributed by atoms with Crippen molar-refractivity contribution < 1.29 is 14.0 Å². The highest BCUT2D eigenvalue weighted by Gasteiger charge is 2.32. The number of carbonyl (C=O) groups excluding carboxylic acids is 2. The van der Waals surface area contributed by atoms with Crippen molar-refractivity contribution in [2.45, 2.75) is 51.6 Å². The fraction of sp³-hybridized carbons (Fsp3) is 0.391. The number of rotatable bonds is 6. The van der Waals surface area contributed by atoms with E-state index in [4.69, 9.17) is 0 Å². The topological polar surface area (TPSA) is 49.4 Å². The van der Waals surface area contributed by atoms with E-state index in [9.17, 15) is 14.0 Å². The SMILES string of the molecule is CC(C)(C)c1ccc(C(=O)NCC(=O)N(Cc2ccc(F)cc2)C2CC2)cc1. The van der Waals surface area contributed by atoms with Gasteiger partial charge in [0, 0.05) is 18.2 Å². The Morgan fingerprint density at radius 2 is 1.64 bits per heavy atom. The molecular formula is C23H27FN2O2. The average Bonchev–Trinajstić information content (AvgIpc) is 3.50. The Morgan fingerprint density at radius 3 is 2.18 bits per heavy atom. The summed E-state index contributed by atoms with van der Waals surface area (Å²) in [5, 5.41) is 2.72. The van der Waals surface area contributed by atoms with Crippen LogP contribution in [0.4, 0.5) is 4.39 Å². The molecule has 1 aliphatic rings. The van der Waals surface area contributed by atoms with Crippen LogP contribution in [0.2, 0.25) is 0 Å². The number of halogens is 1. The molecular weight excluding hydrogens is 355 g/mol. The summed E-state index contributed by atoms with van der Waals surface area (Å²) in [5.41, 5.74) is 2.60. The molecule has 4 nitrogen and oxygen atoms in total. The average molecular weight is 382 g/mol. The number of hydrogen-bond donors (Lipinski definition) is 1. The minimum atomic E-state index is -0.294. The molecule has 5 heteroatoms. The Kier molecular flexibility index (Phi) is 5.82. The van der Waals surface area contributed by atoms with Crippen molar-refractivity contribution >= 4 is 11.8 Å². The smallest absolute Gasteiger partial charge is 0.251 e. The number of carbonyl (C=O) groups is 2. The van der Waals surface area contributed by atoms with Gasteiger partial charge in [0.25, 0.3) is 5.91 Å². The summed E-state index contributed by atoms with van der Waals surface area (Å²) in [6.45, 7) is 6.74. The summed E-state index contributed by atoms with van der Waals surface area (Å²) in [5.74, 6) is -0.671. The van der Waals surface area contributed by atoms with Crippen LogP contribution in [0.5, 0.6) is 0 Å². The predicted molar refractivity (Wildman–Crippen MR) is 107 cm³/mol. The van der Waals surface area contributed by atoms with E-state index in [1.165, 1.54) is 12.1 Å². The molecule has 0 bridgehead atoms. The first kappa shape index (κ1) is 20.1. The number of amides is 2. The van der Waals surface area contributed by atoms with Crippen LogP contribution in [0.1, 0.15) is 55.1 Å². The van der Waals surface area contributed by atoms with E-state index < -0.39 is 0 Å².